The van der Waals surface area contributed by atoms with Crippen LogP contribution in [0.25, 0.3) is 0 Å². The molecule has 2 aromatic heterocycles. The Hall–Kier alpha value is -1.90. The molecule has 0 aromatic carbocycles. The van der Waals surface area contributed by atoms with Crippen LogP contribution in [-0.2, 0) is 0 Å². The Balaban J connectivity index is 2.16. The van der Waals surface area contributed by atoms with Gasteiger partial charge in [-0.2, -0.15) is 0 Å². The van der Waals surface area contributed by atoms with Gasteiger partial charge in [0, 0.05) is 24.3 Å². The molecule has 0 aliphatic heterocycles. The first-order valence-corrected chi connectivity index (χ1v) is 4.02. The Morgan fingerprint density at radius 3 is 2.38 bits per heavy atom. The van der Waals surface area contributed by atoms with Gasteiger partial charge in [0.2, 0.25) is 0 Å². The number of anilines is 2. The molecule has 0 unspecified atom stereocenters. The van der Waals surface area contributed by atoms with E-state index >= 15 is 0 Å². The van der Waals surface area contributed by atoms with Crippen LogP contribution in [0.15, 0.2) is 49.1 Å². The summed E-state index contributed by atoms with van der Waals surface area (Å²) < 4.78 is 0. The van der Waals surface area contributed by atoms with Gasteiger partial charge in [-0.05, 0) is 24.3 Å². The molecule has 0 saturated heterocycles. The summed E-state index contributed by atoms with van der Waals surface area (Å²) in [4.78, 5) is 7.93. The lowest BCUT2D eigenvalue weighted by atomic mass is 10.3. The van der Waals surface area contributed by atoms with Crippen LogP contribution >= 0.6 is 0 Å². The molecule has 0 saturated carbocycles. The van der Waals surface area contributed by atoms with Crippen molar-refractivity contribution >= 4 is 11.4 Å². The molecule has 0 radical (unpaired) electrons. The highest BCUT2D eigenvalue weighted by atomic mass is 14.9. The number of hydrogen-bond acceptors (Lipinski definition) is 3. The van der Waals surface area contributed by atoms with Crippen LogP contribution < -0.4 is 5.32 Å². The van der Waals surface area contributed by atoms with Gasteiger partial charge in [-0.15, -0.1) is 0 Å². The molecule has 0 atom stereocenters. The van der Waals surface area contributed by atoms with Crippen molar-refractivity contribution < 1.29 is 0 Å². The summed E-state index contributed by atoms with van der Waals surface area (Å²) in [6.45, 7) is 0. The van der Waals surface area contributed by atoms with Crippen molar-refractivity contribution in [2.24, 2.45) is 0 Å². The minimum atomic E-state index is 0.980. The average Bonchev–Trinajstić information content (AvgIpc) is 2.21. The fourth-order valence-corrected chi connectivity index (χ4v) is 1.04. The molecule has 1 N–H and O–H groups in total. The van der Waals surface area contributed by atoms with Crippen molar-refractivity contribution in [3.8, 4) is 0 Å². The first kappa shape index (κ1) is 7.73. The van der Waals surface area contributed by atoms with E-state index in [1.54, 1.807) is 24.8 Å². The zero-order chi connectivity index (χ0) is 8.93. The van der Waals surface area contributed by atoms with E-state index in [2.05, 4.69) is 15.3 Å². The lowest BCUT2D eigenvalue weighted by molar-refractivity contribution is 1.30. The lowest BCUT2D eigenvalue weighted by Gasteiger charge is -2.03. The highest BCUT2D eigenvalue weighted by Gasteiger charge is 1.91. The predicted octanol–water partition coefficient (Wildman–Crippen LogP) is 2.22. The number of rotatable bonds is 2. The predicted molar refractivity (Wildman–Crippen MR) is 51.8 cm³/mol. The van der Waals surface area contributed by atoms with Crippen LogP contribution in [0, 0.1) is 0 Å². The van der Waals surface area contributed by atoms with E-state index in [1.807, 2.05) is 24.3 Å². The standard InChI is InChI=1S/C10H9N3/c1-2-10(8-12-5-1)13-9-3-6-11-7-4-9/h1-8H,(H,11,13). The van der Waals surface area contributed by atoms with E-state index < -0.39 is 0 Å². The molecular formula is C10H9N3. The molecule has 3 nitrogen and oxygen atoms in total. The summed E-state index contributed by atoms with van der Waals surface area (Å²) >= 11 is 0. The maximum Gasteiger partial charge on any atom is 0.0570 e. The molecule has 2 aromatic rings. The van der Waals surface area contributed by atoms with Gasteiger partial charge in [0.1, 0.15) is 0 Å². The van der Waals surface area contributed by atoms with Crippen LogP contribution in [0.4, 0.5) is 11.4 Å². The van der Waals surface area contributed by atoms with Gasteiger partial charge in [-0.3, -0.25) is 9.97 Å². The molecule has 0 fully saturated rings. The van der Waals surface area contributed by atoms with Crippen LogP contribution in [-0.4, -0.2) is 9.97 Å². The minimum Gasteiger partial charge on any atom is -0.354 e. The second-order valence-corrected chi connectivity index (χ2v) is 2.60. The number of hydrogen-bond donors (Lipinski definition) is 1. The summed E-state index contributed by atoms with van der Waals surface area (Å²) in [5.41, 5.74) is 2.00. The monoisotopic (exact) mass is 171 g/mol. The Morgan fingerprint density at radius 1 is 0.846 bits per heavy atom. The fourth-order valence-electron chi connectivity index (χ4n) is 1.04. The normalized spacial score (nSPS) is 9.54. The van der Waals surface area contributed by atoms with E-state index in [4.69, 9.17) is 0 Å². The zero-order valence-electron chi connectivity index (χ0n) is 7.01. The quantitative estimate of drug-likeness (QED) is 0.752. The first-order valence-electron chi connectivity index (χ1n) is 4.02. The third-order valence-electron chi connectivity index (χ3n) is 1.63. The molecule has 0 aliphatic carbocycles. The Morgan fingerprint density at radius 2 is 1.69 bits per heavy atom. The summed E-state index contributed by atoms with van der Waals surface area (Å²) in [6.07, 6.45) is 7.02. The number of nitrogens with one attached hydrogen (secondary N) is 1. The Labute approximate surface area is 76.5 Å². The van der Waals surface area contributed by atoms with E-state index in [-0.39, 0.29) is 0 Å². The smallest absolute Gasteiger partial charge is 0.0570 e. The molecule has 2 heterocycles. The zero-order valence-corrected chi connectivity index (χ0v) is 7.01. The van der Waals surface area contributed by atoms with Crippen LogP contribution in [0.2, 0.25) is 0 Å². The maximum atomic E-state index is 4.00. The van der Waals surface area contributed by atoms with Gasteiger partial charge in [0.05, 0.1) is 11.9 Å². The number of pyridine rings is 2. The molecule has 0 aliphatic rings. The SMILES string of the molecule is c1cncc(Nc2ccncc2)c1. The van der Waals surface area contributed by atoms with Crippen molar-refractivity contribution in [1.29, 1.82) is 0 Å². The summed E-state index contributed by atoms with van der Waals surface area (Å²) in [6, 6.07) is 7.68. The van der Waals surface area contributed by atoms with Gasteiger partial charge in [0.25, 0.3) is 0 Å². The molecule has 64 valence electrons. The van der Waals surface area contributed by atoms with Gasteiger partial charge in [-0.1, -0.05) is 0 Å². The van der Waals surface area contributed by atoms with Gasteiger partial charge >= 0.3 is 0 Å². The van der Waals surface area contributed by atoms with E-state index in [9.17, 15) is 0 Å². The summed E-state index contributed by atoms with van der Waals surface area (Å²) in [5, 5.41) is 3.20. The molecule has 3 heteroatoms. The summed E-state index contributed by atoms with van der Waals surface area (Å²) in [7, 11) is 0. The third kappa shape index (κ3) is 2.02. The second kappa shape index (κ2) is 3.67. The molecule has 0 bridgehead atoms. The average molecular weight is 171 g/mol. The first-order chi connectivity index (χ1) is 6.45. The molecular weight excluding hydrogens is 162 g/mol. The highest BCUT2D eigenvalue weighted by Crippen LogP contribution is 2.12. The van der Waals surface area contributed by atoms with E-state index in [1.165, 1.54) is 0 Å². The third-order valence-corrected chi connectivity index (χ3v) is 1.63. The van der Waals surface area contributed by atoms with Crippen LogP contribution in [0.1, 0.15) is 0 Å². The molecule has 13 heavy (non-hydrogen) atoms. The van der Waals surface area contributed by atoms with Crippen molar-refractivity contribution in [3.63, 3.8) is 0 Å². The Bertz CT molecular complexity index is 321. The van der Waals surface area contributed by atoms with Crippen molar-refractivity contribution in [1.82, 2.24) is 9.97 Å². The molecule has 0 spiro atoms. The maximum absolute atomic E-state index is 4.00. The van der Waals surface area contributed by atoms with Gasteiger partial charge < -0.3 is 5.32 Å². The van der Waals surface area contributed by atoms with Crippen molar-refractivity contribution in [2.45, 2.75) is 0 Å². The van der Waals surface area contributed by atoms with Crippen LogP contribution in [0.3, 0.4) is 0 Å². The van der Waals surface area contributed by atoms with Crippen LogP contribution in [0.5, 0.6) is 0 Å². The molecule has 2 rings (SSSR count). The minimum absolute atomic E-state index is 0.980. The topological polar surface area (TPSA) is 37.8 Å². The summed E-state index contributed by atoms with van der Waals surface area (Å²) in [5.74, 6) is 0. The number of nitrogens with zero attached hydrogens (tertiary/aromatic N) is 2. The van der Waals surface area contributed by atoms with Crippen molar-refractivity contribution in [3.05, 3.63) is 49.1 Å². The van der Waals surface area contributed by atoms with Gasteiger partial charge in [0.15, 0.2) is 0 Å². The van der Waals surface area contributed by atoms with E-state index in [0.29, 0.717) is 0 Å². The molecule has 0 amide bonds. The fraction of sp³-hybridized carbons (Fsp3) is 0. The lowest BCUT2D eigenvalue weighted by Crippen LogP contribution is -1.89. The van der Waals surface area contributed by atoms with Crippen molar-refractivity contribution in [2.75, 3.05) is 5.32 Å². The van der Waals surface area contributed by atoms with E-state index in [0.717, 1.165) is 11.4 Å². The Kier molecular flexibility index (Phi) is 2.18. The number of aromatic nitrogens is 2. The highest BCUT2D eigenvalue weighted by molar-refractivity contribution is 5.57. The van der Waals surface area contributed by atoms with Gasteiger partial charge in [-0.25, -0.2) is 0 Å². The largest absolute Gasteiger partial charge is 0.354 e. The second-order valence-electron chi connectivity index (χ2n) is 2.60.